The monoisotopic (exact) mass is 287 g/mol. The van der Waals surface area contributed by atoms with Gasteiger partial charge in [-0.05, 0) is 20.3 Å². The summed E-state index contributed by atoms with van der Waals surface area (Å²) in [6.45, 7) is 6.24. The van der Waals surface area contributed by atoms with Crippen molar-refractivity contribution in [3.05, 3.63) is 0 Å². The number of unbranched alkanes of at least 4 members (excludes halogenated alkanes) is 9. The first kappa shape index (κ1) is 19.9. The highest BCUT2D eigenvalue weighted by molar-refractivity contribution is 4.75. The molecular weight excluding hydrogens is 250 g/mol. The van der Waals surface area contributed by atoms with Gasteiger partial charge in [0, 0.05) is 6.54 Å². The number of aliphatic hydroxyl groups is 2. The largest absolute Gasteiger partial charge is 0.389 e. The van der Waals surface area contributed by atoms with Gasteiger partial charge >= 0.3 is 0 Å². The average Bonchev–Trinajstić information content (AvgIpc) is 2.39. The predicted octanol–water partition coefficient (Wildman–Crippen LogP) is 3.98. The molecule has 0 saturated heterocycles. The van der Waals surface area contributed by atoms with Crippen molar-refractivity contribution in [2.75, 3.05) is 6.54 Å². The summed E-state index contributed by atoms with van der Waals surface area (Å²) in [4.78, 5) is 0. The van der Waals surface area contributed by atoms with Gasteiger partial charge in [0.25, 0.3) is 0 Å². The van der Waals surface area contributed by atoms with Gasteiger partial charge in [-0.1, -0.05) is 71.1 Å². The number of hydrogen-bond donors (Lipinski definition) is 3. The van der Waals surface area contributed by atoms with Crippen LogP contribution >= 0.6 is 0 Å². The van der Waals surface area contributed by atoms with E-state index in [1.807, 2.05) is 6.92 Å². The molecule has 20 heavy (non-hydrogen) atoms. The lowest BCUT2D eigenvalue weighted by molar-refractivity contribution is 0.0295. The first-order chi connectivity index (χ1) is 9.48. The molecule has 0 aliphatic heterocycles. The lowest BCUT2D eigenvalue weighted by Gasteiger charge is -2.24. The first-order valence-electron chi connectivity index (χ1n) is 8.62. The highest BCUT2D eigenvalue weighted by atomic mass is 16.3. The Bertz CT molecular complexity index is 205. The quantitative estimate of drug-likeness (QED) is 0.334. The minimum atomic E-state index is -0.697. The summed E-state index contributed by atoms with van der Waals surface area (Å²) in [6.07, 6.45) is 13.4. The SMILES string of the molecule is CCCCCCCCCCCCC(C)(O)CNC(C)O. The molecule has 0 aromatic carbocycles. The van der Waals surface area contributed by atoms with Crippen LogP contribution in [0.3, 0.4) is 0 Å². The van der Waals surface area contributed by atoms with Crippen molar-refractivity contribution < 1.29 is 10.2 Å². The number of aliphatic hydroxyl groups excluding tert-OH is 1. The minimum absolute atomic E-state index is 0.460. The molecule has 0 aromatic rings. The van der Waals surface area contributed by atoms with Gasteiger partial charge in [-0.3, -0.25) is 5.32 Å². The van der Waals surface area contributed by atoms with E-state index >= 15 is 0 Å². The zero-order valence-corrected chi connectivity index (χ0v) is 14.0. The van der Waals surface area contributed by atoms with E-state index < -0.39 is 11.8 Å². The van der Waals surface area contributed by atoms with Crippen LogP contribution in [0.4, 0.5) is 0 Å². The zero-order chi connectivity index (χ0) is 15.3. The average molecular weight is 287 g/mol. The molecule has 0 heterocycles. The molecule has 0 amide bonds. The summed E-state index contributed by atoms with van der Waals surface area (Å²) in [5, 5.41) is 22.1. The second kappa shape index (κ2) is 12.6. The molecule has 3 heteroatoms. The third kappa shape index (κ3) is 14.3. The molecule has 0 fully saturated rings. The van der Waals surface area contributed by atoms with Crippen molar-refractivity contribution in [1.29, 1.82) is 0 Å². The zero-order valence-electron chi connectivity index (χ0n) is 14.0. The van der Waals surface area contributed by atoms with Crippen LogP contribution < -0.4 is 5.32 Å². The third-order valence-corrected chi connectivity index (χ3v) is 3.85. The van der Waals surface area contributed by atoms with Gasteiger partial charge in [-0.2, -0.15) is 0 Å². The summed E-state index contributed by atoms with van der Waals surface area (Å²) in [6, 6.07) is 0. The molecule has 2 unspecified atom stereocenters. The molecule has 3 N–H and O–H groups in total. The van der Waals surface area contributed by atoms with E-state index in [-0.39, 0.29) is 0 Å². The number of nitrogens with one attached hydrogen (secondary N) is 1. The van der Waals surface area contributed by atoms with Gasteiger partial charge in [0.2, 0.25) is 0 Å². The second-order valence-corrected chi connectivity index (χ2v) is 6.49. The molecule has 0 rings (SSSR count). The van der Waals surface area contributed by atoms with Crippen LogP contribution in [0, 0.1) is 0 Å². The van der Waals surface area contributed by atoms with Gasteiger partial charge in [-0.25, -0.2) is 0 Å². The Morgan fingerprint density at radius 1 is 0.900 bits per heavy atom. The molecular formula is C17H37NO2. The Hall–Kier alpha value is -0.120. The summed E-state index contributed by atoms with van der Waals surface area (Å²) >= 11 is 0. The van der Waals surface area contributed by atoms with Crippen LogP contribution in [-0.2, 0) is 0 Å². The van der Waals surface area contributed by atoms with Crippen LogP contribution in [0.5, 0.6) is 0 Å². The molecule has 0 saturated carbocycles. The second-order valence-electron chi connectivity index (χ2n) is 6.49. The van der Waals surface area contributed by atoms with Crippen molar-refractivity contribution in [3.63, 3.8) is 0 Å². The fourth-order valence-electron chi connectivity index (χ4n) is 2.45. The van der Waals surface area contributed by atoms with E-state index in [0.717, 1.165) is 12.8 Å². The highest BCUT2D eigenvalue weighted by Crippen LogP contribution is 2.16. The summed E-state index contributed by atoms with van der Waals surface area (Å²) in [5.41, 5.74) is -0.697. The van der Waals surface area contributed by atoms with E-state index in [9.17, 15) is 5.11 Å². The summed E-state index contributed by atoms with van der Waals surface area (Å²) in [5.74, 6) is 0. The Morgan fingerprint density at radius 2 is 1.35 bits per heavy atom. The fraction of sp³-hybridized carbons (Fsp3) is 1.00. The van der Waals surface area contributed by atoms with Crippen molar-refractivity contribution >= 4 is 0 Å². The van der Waals surface area contributed by atoms with Crippen LogP contribution in [0.2, 0.25) is 0 Å². The smallest absolute Gasteiger partial charge is 0.102 e. The summed E-state index contributed by atoms with van der Waals surface area (Å²) in [7, 11) is 0. The topological polar surface area (TPSA) is 52.5 Å². The van der Waals surface area contributed by atoms with E-state index in [4.69, 9.17) is 5.11 Å². The molecule has 3 nitrogen and oxygen atoms in total. The maximum Gasteiger partial charge on any atom is 0.102 e. The van der Waals surface area contributed by atoms with Gasteiger partial charge in [0.1, 0.15) is 6.23 Å². The van der Waals surface area contributed by atoms with E-state index in [1.54, 1.807) is 6.92 Å². The molecule has 0 radical (unpaired) electrons. The normalized spacial score (nSPS) is 16.1. The Kier molecular flexibility index (Phi) is 12.5. The number of hydrogen-bond acceptors (Lipinski definition) is 3. The van der Waals surface area contributed by atoms with Crippen molar-refractivity contribution in [3.8, 4) is 0 Å². The van der Waals surface area contributed by atoms with Crippen LogP contribution in [0.1, 0.15) is 91.4 Å². The Morgan fingerprint density at radius 3 is 1.80 bits per heavy atom. The van der Waals surface area contributed by atoms with Gasteiger partial charge in [0.15, 0.2) is 0 Å². The van der Waals surface area contributed by atoms with E-state index in [1.165, 1.54) is 57.8 Å². The Labute approximate surface area is 126 Å². The molecule has 0 aliphatic rings. The van der Waals surface area contributed by atoms with Crippen molar-refractivity contribution in [2.24, 2.45) is 0 Å². The molecule has 2 atom stereocenters. The molecule has 0 aliphatic carbocycles. The van der Waals surface area contributed by atoms with Gasteiger partial charge in [-0.15, -0.1) is 0 Å². The van der Waals surface area contributed by atoms with E-state index in [2.05, 4.69) is 12.2 Å². The van der Waals surface area contributed by atoms with Gasteiger partial charge in [0.05, 0.1) is 5.60 Å². The molecule has 0 spiro atoms. The third-order valence-electron chi connectivity index (χ3n) is 3.85. The first-order valence-corrected chi connectivity index (χ1v) is 8.62. The minimum Gasteiger partial charge on any atom is -0.389 e. The lowest BCUT2D eigenvalue weighted by atomic mass is 9.97. The van der Waals surface area contributed by atoms with E-state index in [0.29, 0.717) is 6.54 Å². The number of rotatable bonds is 14. The molecule has 0 bridgehead atoms. The lowest BCUT2D eigenvalue weighted by Crippen LogP contribution is -2.41. The van der Waals surface area contributed by atoms with Crippen molar-refractivity contribution in [2.45, 2.75) is 103 Å². The standard InChI is InChI=1S/C17H37NO2/c1-4-5-6-7-8-9-10-11-12-13-14-17(3,20)15-18-16(2)19/h16,18-20H,4-15H2,1-3H3. The summed E-state index contributed by atoms with van der Waals surface area (Å²) < 4.78 is 0. The van der Waals surface area contributed by atoms with Gasteiger partial charge < -0.3 is 10.2 Å². The maximum absolute atomic E-state index is 10.1. The fourth-order valence-corrected chi connectivity index (χ4v) is 2.45. The highest BCUT2D eigenvalue weighted by Gasteiger charge is 2.19. The van der Waals surface area contributed by atoms with Crippen LogP contribution in [-0.4, -0.2) is 28.6 Å². The maximum atomic E-state index is 10.1. The Balaban J connectivity index is 3.30. The molecule has 0 aromatic heterocycles. The van der Waals surface area contributed by atoms with Crippen LogP contribution in [0.15, 0.2) is 0 Å². The van der Waals surface area contributed by atoms with Crippen LogP contribution in [0.25, 0.3) is 0 Å². The predicted molar refractivity (Wildman–Crippen MR) is 86.8 cm³/mol. The van der Waals surface area contributed by atoms with Crippen molar-refractivity contribution in [1.82, 2.24) is 5.32 Å². The molecule has 122 valence electrons.